The monoisotopic (exact) mass is 444 g/mol. The van der Waals surface area contributed by atoms with Crippen LogP contribution < -0.4 is 5.32 Å². The van der Waals surface area contributed by atoms with Gasteiger partial charge in [-0.3, -0.25) is 9.59 Å². The van der Waals surface area contributed by atoms with Crippen LogP contribution in [0.1, 0.15) is 45.3 Å². The van der Waals surface area contributed by atoms with E-state index in [1.54, 1.807) is 12.1 Å². The summed E-state index contributed by atoms with van der Waals surface area (Å²) in [6, 6.07) is 11.0. The lowest BCUT2D eigenvalue weighted by Crippen LogP contribution is -2.47. The van der Waals surface area contributed by atoms with Gasteiger partial charge in [-0.05, 0) is 35.7 Å². The average Bonchev–Trinajstić information content (AvgIpc) is 3.36. The second-order valence-corrected chi connectivity index (χ2v) is 8.39. The summed E-state index contributed by atoms with van der Waals surface area (Å²) in [6.45, 7) is 2.93. The summed E-state index contributed by atoms with van der Waals surface area (Å²) in [5.74, 6) is -0.219. The first-order chi connectivity index (χ1) is 14.4. The molecule has 1 N–H and O–H groups in total. The maximum absolute atomic E-state index is 13.3. The molecule has 1 saturated heterocycles. The third kappa shape index (κ3) is 3.41. The first kappa shape index (κ1) is 20.9. The average molecular weight is 445 g/mol. The Morgan fingerprint density at radius 2 is 2.07 bits per heavy atom. The van der Waals surface area contributed by atoms with E-state index in [9.17, 15) is 9.59 Å². The Balaban J connectivity index is 1.73. The molecule has 30 heavy (non-hydrogen) atoms. The van der Waals surface area contributed by atoms with Crippen molar-refractivity contribution in [2.45, 2.75) is 25.3 Å². The molecule has 2 heterocycles. The van der Waals surface area contributed by atoms with E-state index in [0.717, 1.165) is 34.7 Å². The Labute approximate surface area is 184 Å². The highest BCUT2D eigenvalue weighted by atomic mass is 35.5. The van der Waals surface area contributed by atoms with Gasteiger partial charge < -0.3 is 14.6 Å². The van der Waals surface area contributed by atoms with Crippen molar-refractivity contribution in [3.63, 3.8) is 0 Å². The molecule has 2 aromatic carbocycles. The third-order valence-corrected chi connectivity index (χ3v) is 6.74. The minimum atomic E-state index is -0.652. The van der Waals surface area contributed by atoms with Crippen LogP contribution in [0.25, 0.3) is 10.9 Å². The number of aryl methyl sites for hydroxylation is 2. The molecule has 1 unspecified atom stereocenters. The van der Waals surface area contributed by atoms with Gasteiger partial charge >= 0.3 is 0 Å². The SMILES string of the molecule is CCc1cc(C2(NC(=O)c3cc4c(Cl)c(Cl)ccc4n3C)CCOC2)ccc1C=O. The van der Waals surface area contributed by atoms with E-state index in [2.05, 4.69) is 5.32 Å². The van der Waals surface area contributed by atoms with Gasteiger partial charge in [-0.15, -0.1) is 0 Å². The number of hydrogen-bond donors (Lipinski definition) is 1. The Morgan fingerprint density at radius 3 is 2.73 bits per heavy atom. The highest BCUT2D eigenvalue weighted by Gasteiger charge is 2.39. The second-order valence-electron chi connectivity index (χ2n) is 7.61. The van der Waals surface area contributed by atoms with Crippen LogP contribution >= 0.6 is 23.2 Å². The predicted octanol–water partition coefficient (Wildman–Crippen LogP) is 4.91. The Kier molecular flexibility index (Phi) is 5.62. The van der Waals surface area contributed by atoms with Crippen LogP contribution in [0.2, 0.25) is 10.0 Å². The lowest BCUT2D eigenvalue weighted by Gasteiger charge is -2.30. The first-order valence-corrected chi connectivity index (χ1v) is 10.6. The molecular weight excluding hydrogens is 423 g/mol. The smallest absolute Gasteiger partial charge is 0.268 e. The molecule has 0 radical (unpaired) electrons. The summed E-state index contributed by atoms with van der Waals surface area (Å²) in [7, 11) is 1.83. The topological polar surface area (TPSA) is 60.3 Å². The van der Waals surface area contributed by atoms with Gasteiger partial charge in [0.25, 0.3) is 5.91 Å². The fourth-order valence-corrected chi connectivity index (χ4v) is 4.52. The van der Waals surface area contributed by atoms with Gasteiger partial charge in [0.05, 0.1) is 22.2 Å². The lowest BCUT2D eigenvalue weighted by atomic mass is 9.86. The molecule has 1 aliphatic heterocycles. The fraction of sp³-hybridized carbons (Fsp3) is 0.304. The number of hydrogen-bond acceptors (Lipinski definition) is 3. The van der Waals surface area contributed by atoms with Crippen LogP contribution in [-0.4, -0.2) is 30.0 Å². The van der Waals surface area contributed by atoms with Crippen molar-refractivity contribution in [2.75, 3.05) is 13.2 Å². The molecule has 156 valence electrons. The molecule has 4 rings (SSSR count). The van der Waals surface area contributed by atoms with E-state index in [1.165, 1.54) is 0 Å². The van der Waals surface area contributed by atoms with Crippen molar-refractivity contribution in [1.29, 1.82) is 0 Å². The van der Waals surface area contributed by atoms with Crippen LogP contribution in [-0.2, 0) is 23.7 Å². The van der Waals surface area contributed by atoms with Crippen LogP contribution in [0.4, 0.5) is 0 Å². The number of rotatable bonds is 5. The number of aldehydes is 1. The number of amides is 1. The van der Waals surface area contributed by atoms with Crippen molar-refractivity contribution in [2.24, 2.45) is 7.05 Å². The van der Waals surface area contributed by atoms with Crippen LogP contribution in [0.5, 0.6) is 0 Å². The molecular formula is C23H22Cl2N2O3. The van der Waals surface area contributed by atoms with Crippen molar-refractivity contribution in [3.05, 3.63) is 68.8 Å². The Bertz CT molecular complexity index is 1150. The van der Waals surface area contributed by atoms with Crippen molar-refractivity contribution < 1.29 is 14.3 Å². The highest BCUT2D eigenvalue weighted by molar-refractivity contribution is 6.45. The van der Waals surface area contributed by atoms with Crippen LogP contribution in [0.15, 0.2) is 36.4 Å². The molecule has 7 heteroatoms. The van der Waals surface area contributed by atoms with E-state index in [4.69, 9.17) is 27.9 Å². The molecule has 1 aliphatic rings. The van der Waals surface area contributed by atoms with Gasteiger partial charge in [-0.1, -0.05) is 48.3 Å². The Morgan fingerprint density at radius 1 is 1.27 bits per heavy atom. The number of nitrogens with one attached hydrogen (secondary N) is 1. The lowest BCUT2D eigenvalue weighted by molar-refractivity contribution is 0.0867. The van der Waals surface area contributed by atoms with Gasteiger partial charge in [-0.2, -0.15) is 0 Å². The van der Waals surface area contributed by atoms with E-state index in [1.807, 2.05) is 42.8 Å². The molecule has 0 bridgehead atoms. The molecule has 0 spiro atoms. The maximum Gasteiger partial charge on any atom is 0.268 e. The summed E-state index contributed by atoms with van der Waals surface area (Å²) < 4.78 is 7.48. The van der Waals surface area contributed by atoms with Gasteiger partial charge in [0, 0.05) is 36.5 Å². The zero-order chi connectivity index (χ0) is 21.5. The van der Waals surface area contributed by atoms with Gasteiger partial charge in [0.15, 0.2) is 0 Å². The number of benzene rings is 2. The Hall–Kier alpha value is -2.34. The van der Waals surface area contributed by atoms with Crippen molar-refractivity contribution in [1.82, 2.24) is 9.88 Å². The minimum Gasteiger partial charge on any atom is -0.379 e. The summed E-state index contributed by atoms with van der Waals surface area (Å²) in [4.78, 5) is 24.6. The largest absolute Gasteiger partial charge is 0.379 e. The minimum absolute atomic E-state index is 0.219. The van der Waals surface area contributed by atoms with Gasteiger partial charge in [0.2, 0.25) is 0 Å². The van der Waals surface area contributed by atoms with E-state index in [-0.39, 0.29) is 5.91 Å². The van der Waals surface area contributed by atoms with Gasteiger partial charge in [-0.25, -0.2) is 0 Å². The van der Waals surface area contributed by atoms with Crippen molar-refractivity contribution in [3.8, 4) is 0 Å². The highest BCUT2D eigenvalue weighted by Crippen LogP contribution is 2.35. The maximum atomic E-state index is 13.3. The predicted molar refractivity (Wildman–Crippen MR) is 119 cm³/mol. The number of aromatic nitrogens is 1. The molecule has 1 amide bonds. The number of nitrogens with zero attached hydrogens (tertiary/aromatic N) is 1. The molecule has 1 aromatic heterocycles. The summed E-state index contributed by atoms with van der Waals surface area (Å²) in [6.07, 6.45) is 2.25. The van der Waals surface area contributed by atoms with E-state index >= 15 is 0 Å². The van der Waals surface area contributed by atoms with Gasteiger partial charge in [0.1, 0.15) is 12.0 Å². The third-order valence-electron chi connectivity index (χ3n) is 5.92. The zero-order valence-electron chi connectivity index (χ0n) is 16.8. The summed E-state index contributed by atoms with van der Waals surface area (Å²) in [5.41, 5.74) is 3.22. The standard InChI is InChI=1S/C23H22Cl2N2O3/c1-3-14-10-16(5-4-15(14)12-28)23(8-9-30-13-23)26-22(29)20-11-17-19(27(20)2)7-6-18(24)21(17)25/h4-7,10-12H,3,8-9,13H2,1-2H3,(H,26,29). The molecule has 5 nitrogen and oxygen atoms in total. The number of carbonyl (C=O) groups excluding carboxylic acids is 2. The molecule has 3 aromatic rings. The number of carbonyl (C=O) groups is 2. The molecule has 0 saturated carbocycles. The molecule has 1 fully saturated rings. The quantitative estimate of drug-likeness (QED) is 0.568. The molecule has 0 aliphatic carbocycles. The van der Waals surface area contributed by atoms with E-state index < -0.39 is 5.54 Å². The first-order valence-electron chi connectivity index (χ1n) is 9.82. The zero-order valence-corrected chi connectivity index (χ0v) is 18.3. The van der Waals surface area contributed by atoms with Crippen LogP contribution in [0.3, 0.4) is 0 Å². The number of halogens is 2. The number of ether oxygens (including phenoxy) is 1. The fourth-order valence-electron chi connectivity index (χ4n) is 4.14. The van der Waals surface area contributed by atoms with Crippen LogP contribution in [0, 0.1) is 0 Å². The molecule has 1 atom stereocenters. The summed E-state index contributed by atoms with van der Waals surface area (Å²) >= 11 is 12.5. The van der Waals surface area contributed by atoms with E-state index in [0.29, 0.717) is 40.9 Å². The normalized spacial score (nSPS) is 18.7. The van der Waals surface area contributed by atoms with Crippen molar-refractivity contribution >= 4 is 46.3 Å². The number of fused-ring (bicyclic) bond motifs is 1. The summed E-state index contributed by atoms with van der Waals surface area (Å²) in [5, 5.41) is 4.81. The second kappa shape index (κ2) is 8.06.